The molecule has 2 rings (SSSR count). The minimum absolute atomic E-state index is 0.119. The van der Waals surface area contributed by atoms with Crippen molar-refractivity contribution in [3.8, 4) is 5.75 Å². The molecule has 0 aliphatic rings. The second-order valence-corrected chi connectivity index (χ2v) is 4.70. The van der Waals surface area contributed by atoms with Crippen LogP contribution in [0.25, 0.3) is 6.08 Å². The molecule has 2 aromatic carbocycles. The van der Waals surface area contributed by atoms with Gasteiger partial charge in [0.05, 0.1) is 0 Å². The van der Waals surface area contributed by atoms with Gasteiger partial charge in [0, 0.05) is 12.6 Å². The fourth-order valence-electron chi connectivity index (χ4n) is 1.84. The summed E-state index contributed by atoms with van der Waals surface area (Å²) < 4.78 is 18.1. The minimum atomic E-state index is -0.385. The average molecular weight is 299 g/mol. The van der Waals surface area contributed by atoms with Crippen LogP contribution >= 0.6 is 0 Å². The summed E-state index contributed by atoms with van der Waals surface area (Å²) in [6, 6.07) is 15.7. The van der Waals surface area contributed by atoms with Crippen molar-refractivity contribution in [1.82, 2.24) is 5.32 Å². The van der Waals surface area contributed by atoms with Crippen molar-refractivity contribution in [2.45, 2.75) is 6.42 Å². The first-order valence-corrected chi connectivity index (χ1v) is 7.11. The number of carbonyl (C=O) groups is 1. The first-order valence-electron chi connectivity index (χ1n) is 7.11. The molecule has 0 heterocycles. The van der Waals surface area contributed by atoms with E-state index in [4.69, 9.17) is 4.74 Å². The molecule has 22 heavy (non-hydrogen) atoms. The number of hydrogen-bond acceptors (Lipinski definition) is 2. The van der Waals surface area contributed by atoms with E-state index in [-0.39, 0.29) is 18.3 Å². The lowest BCUT2D eigenvalue weighted by molar-refractivity contribution is -0.123. The van der Waals surface area contributed by atoms with Crippen LogP contribution in [0.3, 0.4) is 0 Å². The van der Waals surface area contributed by atoms with Crippen molar-refractivity contribution in [2.75, 3.05) is 13.2 Å². The van der Waals surface area contributed by atoms with Crippen LogP contribution in [0.1, 0.15) is 12.0 Å². The normalized spacial score (nSPS) is 10.6. The van der Waals surface area contributed by atoms with E-state index >= 15 is 0 Å². The van der Waals surface area contributed by atoms with E-state index in [1.165, 1.54) is 18.2 Å². The largest absolute Gasteiger partial charge is 0.484 e. The maximum atomic E-state index is 12.9. The van der Waals surface area contributed by atoms with Crippen LogP contribution in [0.5, 0.6) is 5.75 Å². The Morgan fingerprint density at radius 1 is 1.14 bits per heavy atom. The smallest absolute Gasteiger partial charge is 0.257 e. The van der Waals surface area contributed by atoms with Gasteiger partial charge in [-0.05, 0) is 24.1 Å². The van der Waals surface area contributed by atoms with Gasteiger partial charge in [0.15, 0.2) is 6.61 Å². The molecule has 0 spiro atoms. The van der Waals surface area contributed by atoms with Gasteiger partial charge >= 0.3 is 0 Å². The summed E-state index contributed by atoms with van der Waals surface area (Å²) in [5.41, 5.74) is 1.13. The molecule has 0 atom stereocenters. The molecule has 0 saturated carbocycles. The van der Waals surface area contributed by atoms with E-state index in [1.807, 2.05) is 42.5 Å². The summed E-state index contributed by atoms with van der Waals surface area (Å²) in [7, 11) is 0. The highest BCUT2D eigenvalue weighted by atomic mass is 19.1. The molecule has 1 amide bonds. The zero-order valence-electron chi connectivity index (χ0n) is 12.2. The van der Waals surface area contributed by atoms with Gasteiger partial charge in [0.1, 0.15) is 11.6 Å². The second kappa shape index (κ2) is 8.62. The maximum absolute atomic E-state index is 12.9. The van der Waals surface area contributed by atoms with Crippen LogP contribution in [-0.4, -0.2) is 19.1 Å². The monoisotopic (exact) mass is 299 g/mol. The van der Waals surface area contributed by atoms with E-state index in [0.717, 1.165) is 12.0 Å². The molecule has 0 aromatic heterocycles. The summed E-state index contributed by atoms with van der Waals surface area (Å²) in [5, 5.41) is 2.74. The van der Waals surface area contributed by atoms with Gasteiger partial charge in [-0.1, -0.05) is 48.6 Å². The molecule has 2 aromatic rings. The Bertz CT molecular complexity index is 626. The Balaban J connectivity index is 1.63. The number of amides is 1. The molecule has 0 fully saturated rings. The Morgan fingerprint density at radius 2 is 1.95 bits per heavy atom. The number of rotatable bonds is 7. The van der Waals surface area contributed by atoms with Gasteiger partial charge in [-0.25, -0.2) is 4.39 Å². The van der Waals surface area contributed by atoms with Gasteiger partial charge in [0.25, 0.3) is 5.91 Å². The first kappa shape index (κ1) is 15.8. The predicted octanol–water partition coefficient (Wildman–Crippen LogP) is 3.42. The lowest BCUT2D eigenvalue weighted by atomic mass is 10.2. The molecule has 0 unspecified atom stereocenters. The van der Waals surface area contributed by atoms with E-state index in [2.05, 4.69) is 5.32 Å². The predicted molar refractivity (Wildman–Crippen MR) is 85.0 cm³/mol. The summed E-state index contributed by atoms with van der Waals surface area (Å²) >= 11 is 0. The third-order valence-corrected chi connectivity index (χ3v) is 2.91. The van der Waals surface area contributed by atoms with Gasteiger partial charge < -0.3 is 10.1 Å². The molecule has 114 valence electrons. The number of halogens is 1. The lowest BCUT2D eigenvalue weighted by Gasteiger charge is -2.06. The van der Waals surface area contributed by atoms with Crippen molar-refractivity contribution in [3.63, 3.8) is 0 Å². The van der Waals surface area contributed by atoms with Gasteiger partial charge in [-0.2, -0.15) is 0 Å². The molecule has 3 nitrogen and oxygen atoms in total. The van der Waals surface area contributed by atoms with Crippen LogP contribution in [-0.2, 0) is 4.79 Å². The fourth-order valence-corrected chi connectivity index (χ4v) is 1.84. The molecular formula is C18H18FNO2. The number of ether oxygens (including phenoxy) is 1. The summed E-state index contributed by atoms with van der Waals surface area (Å²) in [4.78, 5) is 11.6. The van der Waals surface area contributed by atoms with Gasteiger partial charge in [0.2, 0.25) is 0 Å². The molecule has 0 bridgehead atoms. The van der Waals surface area contributed by atoms with E-state index in [9.17, 15) is 9.18 Å². The van der Waals surface area contributed by atoms with Crippen molar-refractivity contribution >= 4 is 12.0 Å². The van der Waals surface area contributed by atoms with Crippen molar-refractivity contribution in [3.05, 3.63) is 72.1 Å². The Labute approximate surface area is 129 Å². The molecule has 1 N–H and O–H groups in total. The molecule has 0 radical (unpaired) electrons. The standard InChI is InChI=1S/C18H18FNO2/c19-16-10-6-11-17(13-16)22-14-18(21)20-12-5-4-9-15-7-2-1-3-8-15/h1-4,6-11,13H,5,12,14H2,(H,20,21)/b9-4+. The number of benzene rings is 2. The van der Waals surface area contributed by atoms with Crippen LogP contribution in [0.15, 0.2) is 60.7 Å². The highest BCUT2D eigenvalue weighted by molar-refractivity contribution is 5.77. The quantitative estimate of drug-likeness (QED) is 0.796. The van der Waals surface area contributed by atoms with Gasteiger partial charge in [-0.15, -0.1) is 0 Å². The van der Waals surface area contributed by atoms with Crippen LogP contribution < -0.4 is 10.1 Å². The van der Waals surface area contributed by atoms with Gasteiger partial charge in [-0.3, -0.25) is 4.79 Å². The third-order valence-electron chi connectivity index (χ3n) is 2.91. The van der Waals surface area contributed by atoms with Crippen molar-refractivity contribution < 1.29 is 13.9 Å². The van der Waals surface area contributed by atoms with Crippen molar-refractivity contribution in [2.24, 2.45) is 0 Å². The average Bonchev–Trinajstić information content (AvgIpc) is 2.54. The Morgan fingerprint density at radius 3 is 2.73 bits per heavy atom. The number of carbonyl (C=O) groups excluding carboxylic acids is 1. The highest BCUT2D eigenvalue weighted by Crippen LogP contribution is 2.11. The van der Waals surface area contributed by atoms with Crippen LogP contribution in [0, 0.1) is 5.82 Å². The van der Waals surface area contributed by atoms with Crippen LogP contribution in [0.2, 0.25) is 0 Å². The van der Waals surface area contributed by atoms with Crippen LogP contribution in [0.4, 0.5) is 4.39 Å². The number of nitrogens with one attached hydrogen (secondary N) is 1. The molecule has 0 saturated heterocycles. The topological polar surface area (TPSA) is 38.3 Å². The molecule has 0 aliphatic heterocycles. The Kier molecular flexibility index (Phi) is 6.18. The second-order valence-electron chi connectivity index (χ2n) is 4.70. The van der Waals surface area contributed by atoms with E-state index < -0.39 is 0 Å². The lowest BCUT2D eigenvalue weighted by Crippen LogP contribution is -2.29. The molecule has 0 aliphatic carbocycles. The maximum Gasteiger partial charge on any atom is 0.257 e. The van der Waals surface area contributed by atoms with E-state index in [1.54, 1.807) is 6.07 Å². The zero-order valence-corrected chi connectivity index (χ0v) is 12.2. The molecule has 4 heteroatoms. The highest BCUT2D eigenvalue weighted by Gasteiger charge is 2.02. The summed E-state index contributed by atoms with van der Waals surface area (Å²) in [6.45, 7) is 0.417. The Hall–Kier alpha value is -2.62. The fraction of sp³-hybridized carbons (Fsp3) is 0.167. The third kappa shape index (κ3) is 5.79. The van der Waals surface area contributed by atoms with Crippen molar-refractivity contribution in [1.29, 1.82) is 0 Å². The zero-order chi connectivity index (χ0) is 15.6. The molecular weight excluding hydrogens is 281 g/mol. The summed E-state index contributed by atoms with van der Waals surface area (Å²) in [6.07, 6.45) is 4.75. The summed E-state index contributed by atoms with van der Waals surface area (Å²) in [5.74, 6) is -0.263. The van der Waals surface area contributed by atoms with E-state index in [0.29, 0.717) is 12.3 Å². The minimum Gasteiger partial charge on any atom is -0.484 e. The first-order chi connectivity index (χ1) is 10.7. The number of hydrogen-bond donors (Lipinski definition) is 1. The SMILES string of the molecule is O=C(COc1cccc(F)c1)NCC/C=C/c1ccccc1.